The van der Waals surface area contributed by atoms with E-state index in [4.69, 9.17) is 5.73 Å². The fourth-order valence-electron chi connectivity index (χ4n) is 0.633. The molecule has 4 N–H and O–H groups in total. The molecule has 1 unspecified atom stereocenters. The van der Waals surface area contributed by atoms with E-state index in [1.165, 1.54) is 0 Å². The highest BCUT2D eigenvalue weighted by atomic mass is 16.3. The number of carbonyl (C=O) groups excluding carboxylic acids is 1. The third-order valence-corrected chi connectivity index (χ3v) is 1.80. The Morgan fingerprint density at radius 3 is 2.67 bits per heavy atom. The molecule has 0 heterocycles. The summed E-state index contributed by atoms with van der Waals surface area (Å²) in [6, 6.07) is 0. The molecule has 0 saturated carbocycles. The monoisotopic (exact) mass is 174 g/mol. The zero-order valence-electron chi connectivity index (χ0n) is 7.76. The Hall–Kier alpha value is -0.610. The standard InChI is InChI=1S/C8H18N2O2/c1-3-8(2,12)6-10-7(11)4-5-9/h12H,3-6,9H2,1-2H3,(H,10,11). The third kappa shape index (κ3) is 5.09. The van der Waals surface area contributed by atoms with E-state index in [1.54, 1.807) is 6.92 Å². The van der Waals surface area contributed by atoms with Gasteiger partial charge < -0.3 is 16.2 Å². The topological polar surface area (TPSA) is 75.3 Å². The summed E-state index contributed by atoms with van der Waals surface area (Å²) in [5, 5.41) is 12.1. The molecular weight excluding hydrogens is 156 g/mol. The van der Waals surface area contributed by atoms with Crippen LogP contribution in [0.2, 0.25) is 0 Å². The molecule has 1 amide bonds. The first-order valence-corrected chi connectivity index (χ1v) is 4.21. The molecule has 0 saturated heterocycles. The third-order valence-electron chi connectivity index (χ3n) is 1.80. The second-order valence-electron chi connectivity index (χ2n) is 3.17. The molecule has 0 fully saturated rings. The summed E-state index contributed by atoms with van der Waals surface area (Å²) in [5.74, 6) is -0.105. The maximum Gasteiger partial charge on any atom is 0.221 e. The van der Waals surface area contributed by atoms with Crippen LogP contribution in [0.5, 0.6) is 0 Å². The van der Waals surface area contributed by atoms with Crippen LogP contribution in [0.25, 0.3) is 0 Å². The maximum atomic E-state index is 10.9. The van der Waals surface area contributed by atoms with E-state index in [1.807, 2.05) is 6.92 Å². The molecule has 4 nitrogen and oxygen atoms in total. The van der Waals surface area contributed by atoms with E-state index >= 15 is 0 Å². The van der Waals surface area contributed by atoms with E-state index in [0.717, 1.165) is 0 Å². The molecule has 1 atom stereocenters. The van der Waals surface area contributed by atoms with Gasteiger partial charge >= 0.3 is 0 Å². The number of hydrogen-bond acceptors (Lipinski definition) is 3. The molecule has 0 aliphatic rings. The van der Waals surface area contributed by atoms with Crippen molar-refractivity contribution in [3.8, 4) is 0 Å². The van der Waals surface area contributed by atoms with Crippen molar-refractivity contribution in [1.82, 2.24) is 5.32 Å². The summed E-state index contributed by atoms with van der Waals surface area (Å²) < 4.78 is 0. The second-order valence-corrected chi connectivity index (χ2v) is 3.17. The number of aliphatic hydroxyl groups is 1. The van der Waals surface area contributed by atoms with E-state index in [9.17, 15) is 9.90 Å². The van der Waals surface area contributed by atoms with E-state index in [2.05, 4.69) is 5.32 Å². The summed E-state index contributed by atoms with van der Waals surface area (Å²) >= 11 is 0. The quantitative estimate of drug-likeness (QED) is 0.531. The highest BCUT2D eigenvalue weighted by molar-refractivity contribution is 5.76. The van der Waals surface area contributed by atoms with Gasteiger partial charge in [0.15, 0.2) is 0 Å². The van der Waals surface area contributed by atoms with E-state index in [-0.39, 0.29) is 5.91 Å². The van der Waals surface area contributed by atoms with Gasteiger partial charge in [0.05, 0.1) is 5.60 Å². The largest absolute Gasteiger partial charge is 0.388 e. The summed E-state index contributed by atoms with van der Waals surface area (Å²) in [4.78, 5) is 10.9. The second kappa shape index (κ2) is 5.11. The average molecular weight is 174 g/mol. The fraction of sp³-hybridized carbons (Fsp3) is 0.875. The molecular formula is C8H18N2O2. The Bertz CT molecular complexity index is 146. The Morgan fingerprint density at radius 1 is 1.67 bits per heavy atom. The Morgan fingerprint density at radius 2 is 2.25 bits per heavy atom. The summed E-state index contributed by atoms with van der Waals surface area (Å²) in [5.41, 5.74) is 4.38. The minimum atomic E-state index is -0.801. The molecule has 12 heavy (non-hydrogen) atoms. The van der Waals surface area contributed by atoms with Crippen molar-refractivity contribution in [2.45, 2.75) is 32.3 Å². The van der Waals surface area contributed by atoms with Gasteiger partial charge in [0.25, 0.3) is 0 Å². The molecule has 0 aromatic carbocycles. The summed E-state index contributed by atoms with van der Waals surface area (Å²) in [6.07, 6.45) is 0.940. The van der Waals surface area contributed by atoms with Crippen LogP contribution in [0.4, 0.5) is 0 Å². The van der Waals surface area contributed by atoms with Crippen LogP contribution in [-0.2, 0) is 4.79 Å². The molecule has 0 aromatic heterocycles. The zero-order valence-corrected chi connectivity index (χ0v) is 7.76. The van der Waals surface area contributed by atoms with Crippen molar-refractivity contribution in [2.24, 2.45) is 5.73 Å². The van der Waals surface area contributed by atoms with Gasteiger partial charge in [0.2, 0.25) is 5.91 Å². The lowest BCUT2D eigenvalue weighted by Crippen LogP contribution is -2.40. The van der Waals surface area contributed by atoms with Crippen LogP contribution in [0, 0.1) is 0 Å². The minimum Gasteiger partial charge on any atom is -0.388 e. The number of amides is 1. The van der Waals surface area contributed by atoms with Gasteiger partial charge in [0, 0.05) is 19.5 Å². The summed E-state index contributed by atoms with van der Waals surface area (Å²) in [7, 11) is 0. The highest BCUT2D eigenvalue weighted by Crippen LogP contribution is 2.05. The van der Waals surface area contributed by atoms with Gasteiger partial charge in [0.1, 0.15) is 0 Å². The molecule has 0 spiro atoms. The van der Waals surface area contributed by atoms with Crippen molar-refractivity contribution < 1.29 is 9.90 Å². The predicted octanol–water partition coefficient (Wildman–Crippen LogP) is -0.388. The van der Waals surface area contributed by atoms with Gasteiger partial charge in [-0.05, 0) is 13.3 Å². The zero-order chi connectivity index (χ0) is 9.61. The van der Waals surface area contributed by atoms with Crippen molar-refractivity contribution in [2.75, 3.05) is 13.1 Å². The lowest BCUT2D eigenvalue weighted by molar-refractivity contribution is -0.122. The van der Waals surface area contributed by atoms with E-state index < -0.39 is 5.60 Å². The lowest BCUT2D eigenvalue weighted by atomic mass is 10.0. The number of nitrogens with two attached hydrogens (primary N) is 1. The van der Waals surface area contributed by atoms with Crippen LogP contribution in [0.1, 0.15) is 26.7 Å². The minimum absolute atomic E-state index is 0.105. The van der Waals surface area contributed by atoms with Crippen LogP contribution in [0.15, 0.2) is 0 Å². The Labute approximate surface area is 73.1 Å². The first-order chi connectivity index (χ1) is 5.52. The molecule has 0 aliphatic carbocycles. The first kappa shape index (κ1) is 11.4. The average Bonchev–Trinajstić information content (AvgIpc) is 2.02. The first-order valence-electron chi connectivity index (χ1n) is 4.21. The normalized spacial score (nSPS) is 15.3. The lowest BCUT2D eigenvalue weighted by Gasteiger charge is -2.21. The highest BCUT2D eigenvalue weighted by Gasteiger charge is 2.17. The van der Waals surface area contributed by atoms with Gasteiger partial charge in [-0.15, -0.1) is 0 Å². The summed E-state index contributed by atoms with van der Waals surface area (Å²) in [6.45, 7) is 4.20. The van der Waals surface area contributed by atoms with Crippen molar-refractivity contribution in [3.05, 3.63) is 0 Å². The van der Waals surface area contributed by atoms with Crippen LogP contribution >= 0.6 is 0 Å². The number of hydrogen-bond donors (Lipinski definition) is 3. The molecule has 0 rings (SSSR count). The smallest absolute Gasteiger partial charge is 0.221 e. The molecule has 72 valence electrons. The van der Waals surface area contributed by atoms with Gasteiger partial charge in [-0.3, -0.25) is 4.79 Å². The SMILES string of the molecule is CCC(C)(O)CNC(=O)CCN. The van der Waals surface area contributed by atoms with Crippen LogP contribution in [-0.4, -0.2) is 29.7 Å². The number of nitrogens with one attached hydrogen (secondary N) is 1. The Balaban J connectivity index is 3.60. The maximum absolute atomic E-state index is 10.9. The molecule has 0 aromatic rings. The van der Waals surface area contributed by atoms with Gasteiger partial charge in [-0.1, -0.05) is 6.92 Å². The van der Waals surface area contributed by atoms with Crippen LogP contribution < -0.4 is 11.1 Å². The molecule has 0 radical (unpaired) electrons. The fourth-order valence-corrected chi connectivity index (χ4v) is 0.633. The molecule has 4 heteroatoms. The van der Waals surface area contributed by atoms with Crippen molar-refractivity contribution in [3.63, 3.8) is 0 Å². The van der Waals surface area contributed by atoms with Gasteiger partial charge in [-0.2, -0.15) is 0 Å². The van der Waals surface area contributed by atoms with Crippen molar-refractivity contribution in [1.29, 1.82) is 0 Å². The number of carbonyl (C=O) groups is 1. The van der Waals surface area contributed by atoms with Crippen molar-refractivity contribution >= 4 is 5.91 Å². The predicted molar refractivity (Wildman–Crippen MR) is 47.6 cm³/mol. The number of rotatable bonds is 5. The van der Waals surface area contributed by atoms with E-state index in [0.29, 0.717) is 25.9 Å². The Kier molecular flexibility index (Phi) is 4.85. The van der Waals surface area contributed by atoms with Crippen LogP contribution in [0.3, 0.4) is 0 Å². The molecule has 0 bridgehead atoms. The van der Waals surface area contributed by atoms with Gasteiger partial charge in [-0.25, -0.2) is 0 Å². The molecule has 0 aliphatic heterocycles.